The molecule has 0 radical (unpaired) electrons. The van der Waals surface area contributed by atoms with Crippen molar-refractivity contribution in [1.82, 2.24) is 0 Å². The highest BCUT2D eigenvalue weighted by atomic mass is 14.8. The fourth-order valence-electron chi connectivity index (χ4n) is 2.70. The fourth-order valence-corrected chi connectivity index (χ4v) is 2.70. The molecule has 1 heteroatoms. The van der Waals surface area contributed by atoms with Crippen molar-refractivity contribution in [3.63, 3.8) is 0 Å². The molecule has 0 aliphatic heterocycles. The lowest BCUT2D eigenvalue weighted by molar-refractivity contribution is 0.446. The smallest absolute Gasteiger partial charge is 0.0358 e. The first-order valence-corrected chi connectivity index (χ1v) is 5.07. The molecule has 2 aliphatic rings. The molecule has 0 saturated heterocycles. The van der Waals surface area contributed by atoms with Crippen LogP contribution >= 0.6 is 0 Å². The molecule has 2 aliphatic carbocycles. The summed E-state index contributed by atoms with van der Waals surface area (Å²) in [5.74, 6) is 0. The predicted octanol–water partition coefficient (Wildman–Crippen LogP) is 2.33. The lowest BCUT2D eigenvalue weighted by Gasteiger charge is -2.12. The normalized spacial score (nSPS) is 27.7. The Bertz CT molecular complexity index is 363. The summed E-state index contributed by atoms with van der Waals surface area (Å²) in [5.41, 5.74) is 11.1. The molecule has 0 bridgehead atoms. The molecule has 1 saturated carbocycles. The number of hydrogen-bond acceptors (Lipinski definition) is 1. The Morgan fingerprint density at radius 2 is 2.15 bits per heavy atom. The minimum Gasteiger partial charge on any atom is -0.323 e. The van der Waals surface area contributed by atoms with Gasteiger partial charge in [0.2, 0.25) is 0 Å². The third-order valence-electron chi connectivity index (χ3n) is 3.86. The zero-order chi connectivity index (χ0) is 9.05. The minimum absolute atomic E-state index is 0.322. The Hall–Kier alpha value is -0.820. The van der Waals surface area contributed by atoms with Gasteiger partial charge in [0.05, 0.1) is 0 Å². The summed E-state index contributed by atoms with van der Waals surface area (Å²) in [7, 11) is 0. The van der Waals surface area contributed by atoms with Gasteiger partial charge >= 0.3 is 0 Å². The second-order valence-electron chi connectivity index (χ2n) is 4.66. The molecule has 1 nitrogen and oxygen atoms in total. The van der Waals surface area contributed by atoms with Crippen LogP contribution in [0.25, 0.3) is 0 Å². The summed E-state index contributed by atoms with van der Waals surface area (Å²) in [6, 6.07) is 6.87. The Balaban J connectivity index is 2.16. The summed E-state index contributed by atoms with van der Waals surface area (Å²) < 4.78 is 0. The first kappa shape index (κ1) is 7.57. The average molecular weight is 173 g/mol. The second-order valence-corrected chi connectivity index (χ2v) is 4.66. The van der Waals surface area contributed by atoms with Gasteiger partial charge in [-0.2, -0.15) is 0 Å². The summed E-state index contributed by atoms with van der Waals surface area (Å²) in [6.45, 7) is 2.20. The van der Waals surface area contributed by atoms with Crippen molar-refractivity contribution in [3.8, 4) is 0 Å². The number of rotatable bonds is 0. The van der Waals surface area contributed by atoms with Crippen molar-refractivity contribution < 1.29 is 0 Å². The van der Waals surface area contributed by atoms with Gasteiger partial charge < -0.3 is 5.73 Å². The maximum atomic E-state index is 6.26. The number of fused-ring (bicyclic) bond motifs is 1. The molecule has 1 spiro atoms. The molecule has 0 amide bonds. The largest absolute Gasteiger partial charge is 0.323 e. The molecule has 1 aromatic rings. The van der Waals surface area contributed by atoms with Crippen molar-refractivity contribution in [2.24, 2.45) is 11.1 Å². The van der Waals surface area contributed by atoms with Crippen LogP contribution in [0.4, 0.5) is 0 Å². The van der Waals surface area contributed by atoms with E-state index in [4.69, 9.17) is 5.73 Å². The van der Waals surface area contributed by atoms with Crippen molar-refractivity contribution >= 4 is 0 Å². The van der Waals surface area contributed by atoms with Crippen LogP contribution < -0.4 is 5.73 Å². The van der Waals surface area contributed by atoms with Crippen LogP contribution in [0.2, 0.25) is 0 Å². The third-order valence-corrected chi connectivity index (χ3v) is 3.86. The quantitative estimate of drug-likeness (QED) is 0.640. The zero-order valence-corrected chi connectivity index (χ0v) is 8.01. The minimum atomic E-state index is 0.322. The topological polar surface area (TPSA) is 26.0 Å². The number of nitrogens with two attached hydrogens (primary N) is 1. The van der Waals surface area contributed by atoms with E-state index in [1.54, 1.807) is 0 Å². The van der Waals surface area contributed by atoms with Crippen molar-refractivity contribution in [1.29, 1.82) is 0 Å². The molecular weight excluding hydrogens is 158 g/mol. The van der Waals surface area contributed by atoms with Crippen LogP contribution in [0.1, 0.15) is 35.6 Å². The first-order valence-electron chi connectivity index (χ1n) is 5.07. The van der Waals surface area contributed by atoms with E-state index in [-0.39, 0.29) is 0 Å². The Morgan fingerprint density at radius 3 is 2.77 bits per heavy atom. The van der Waals surface area contributed by atoms with Crippen LogP contribution in [0.15, 0.2) is 18.2 Å². The van der Waals surface area contributed by atoms with Gasteiger partial charge in [-0.1, -0.05) is 18.2 Å². The third kappa shape index (κ3) is 0.856. The number of hydrogen-bond donors (Lipinski definition) is 1. The molecule has 1 aromatic carbocycles. The number of aryl methyl sites for hydroxylation is 1. The van der Waals surface area contributed by atoms with Crippen LogP contribution in [0, 0.1) is 12.3 Å². The van der Waals surface area contributed by atoms with E-state index < -0.39 is 0 Å². The Kier molecular flexibility index (Phi) is 1.26. The predicted molar refractivity (Wildman–Crippen MR) is 53.5 cm³/mol. The van der Waals surface area contributed by atoms with Gasteiger partial charge in [-0.25, -0.2) is 0 Å². The monoisotopic (exact) mass is 173 g/mol. The average Bonchev–Trinajstić information content (AvgIpc) is 2.82. The van der Waals surface area contributed by atoms with Crippen molar-refractivity contribution in [2.75, 3.05) is 0 Å². The van der Waals surface area contributed by atoms with Crippen molar-refractivity contribution in [2.45, 2.75) is 32.2 Å². The van der Waals surface area contributed by atoms with Crippen LogP contribution in [0.5, 0.6) is 0 Å². The maximum absolute atomic E-state index is 6.26. The molecule has 0 heterocycles. The molecule has 1 atom stereocenters. The highest BCUT2D eigenvalue weighted by Gasteiger charge is 2.53. The molecule has 13 heavy (non-hydrogen) atoms. The van der Waals surface area contributed by atoms with Crippen molar-refractivity contribution in [3.05, 3.63) is 34.9 Å². The van der Waals surface area contributed by atoms with Gasteiger partial charge in [-0.3, -0.25) is 0 Å². The summed E-state index contributed by atoms with van der Waals surface area (Å²) in [6.07, 6.45) is 3.90. The van der Waals surface area contributed by atoms with E-state index in [1.165, 1.54) is 36.0 Å². The summed E-state index contributed by atoms with van der Waals surface area (Å²) >= 11 is 0. The summed E-state index contributed by atoms with van der Waals surface area (Å²) in [5, 5.41) is 0. The Labute approximate surface area is 78.9 Å². The van der Waals surface area contributed by atoms with Gasteiger partial charge in [0.15, 0.2) is 0 Å². The van der Waals surface area contributed by atoms with Gasteiger partial charge in [0, 0.05) is 6.04 Å². The fraction of sp³-hybridized carbons (Fsp3) is 0.500. The lowest BCUT2D eigenvalue weighted by atomic mass is 9.99. The molecule has 0 aromatic heterocycles. The van der Waals surface area contributed by atoms with E-state index in [9.17, 15) is 0 Å². The van der Waals surface area contributed by atoms with E-state index in [0.717, 1.165) is 0 Å². The Morgan fingerprint density at radius 1 is 1.38 bits per heavy atom. The molecule has 1 fully saturated rings. The van der Waals surface area contributed by atoms with Crippen LogP contribution in [-0.2, 0) is 6.42 Å². The van der Waals surface area contributed by atoms with Crippen LogP contribution in [-0.4, -0.2) is 0 Å². The lowest BCUT2D eigenvalue weighted by Crippen LogP contribution is -2.17. The maximum Gasteiger partial charge on any atom is 0.0358 e. The highest BCUT2D eigenvalue weighted by Crippen LogP contribution is 2.61. The van der Waals surface area contributed by atoms with Gasteiger partial charge in [-0.05, 0) is 48.3 Å². The van der Waals surface area contributed by atoms with E-state index >= 15 is 0 Å². The second kappa shape index (κ2) is 2.16. The standard InChI is InChI=1S/C12H15N/c1-8-3-2-4-9-10(8)7-12(5-6-12)11(9)13/h2-4,11H,5-7,13H2,1H3. The molecule has 68 valence electrons. The first-order chi connectivity index (χ1) is 6.23. The zero-order valence-electron chi connectivity index (χ0n) is 8.01. The molecule has 1 unspecified atom stereocenters. The van der Waals surface area contributed by atoms with Gasteiger partial charge in [-0.15, -0.1) is 0 Å². The van der Waals surface area contributed by atoms with E-state index in [1.807, 2.05) is 0 Å². The SMILES string of the molecule is Cc1cccc2c1CC1(CC1)C2N. The van der Waals surface area contributed by atoms with E-state index in [2.05, 4.69) is 25.1 Å². The summed E-state index contributed by atoms with van der Waals surface area (Å²) in [4.78, 5) is 0. The van der Waals surface area contributed by atoms with E-state index in [0.29, 0.717) is 11.5 Å². The molecular formula is C12H15N. The number of benzene rings is 1. The molecule has 3 rings (SSSR count). The van der Waals surface area contributed by atoms with Gasteiger partial charge in [0.25, 0.3) is 0 Å². The highest BCUT2D eigenvalue weighted by molar-refractivity contribution is 5.44. The molecule has 2 N–H and O–H groups in total. The van der Waals surface area contributed by atoms with Gasteiger partial charge in [0.1, 0.15) is 0 Å². The van der Waals surface area contributed by atoms with Crippen LogP contribution in [0.3, 0.4) is 0 Å².